The van der Waals surface area contributed by atoms with E-state index < -0.39 is 0 Å². The maximum Gasteiger partial charge on any atom is 0.241 e. The lowest BCUT2D eigenvalue weighted by molar-refractivity contribution is -0.145. The fraction of sp³-hybridized carbons (Fsp3) is 0.579. The van der Waals surface area contributed by atoms with Crippen LogP contribution in [-0.4, -0.2) is 77.2 Å². The number of rotatable bonds is 5. The second-order valence-electron chi connectivity index (χ2n) is 7.34. The van der Waals surface area contributed by atoms with Gasteiger partial charge in [0.15, 0.2) is 0 Å². The molecule has 0 spiro atoms. The number of aromatic nitrogens is 1. The van der Waals surface area contributed by atoms with Gasteiger partial charge in [-0.1, -0.05) is 0 Å². The highest BCUT2D eigenvalue weighted by molar-refractivity contribution is 5.88. The summed E-state index contributed by atoms with van der Waals surface area (Å²) in [6.45, 7) is 1.10. The third-order valence-corrected chi connectivity index (χ3v) is 5.33. The van der Waals surface area contributed by atoms with E-state index in [1.165, 1.54) is 4.90 Å². The molecule has 3 saturated heterocycles. The van der Waals surface area contributed by atoms with Gasteiger partial charge >= 0.3 is 0 Å². The first-order chi connectivity index (χ1) is 12.5. The van der Waals surface area contributed by atoms with Crippen LogP contribution in [0.15, 0.2) is 24.5 Å². The Kier molecular flexibility index (Phi) is 5.54. The number of amides is 3. The van der Waals surface area contributed by atoms with Crippen molar-refractivity contribution in [2.24, 2.45) is 5.92 Å². The lowest BCUT2D eigenvalue weighted by atomic mass is 9.94. The lowest BCUT2D eigenvalue weighted by Gasteiger charge is -2.35. The predicted molar refractivity (Wildman–Crippen MR) is 96.1 cm³/mol. The summed E-state index contributed by atoms with van der Waals surface area (Å²) < 4.78 is 0. The quantitative estimate of drug-likeness (QED) is 0.771. The summed E-state index contributed by atoms with van der Waals surface area (Å²) in [6.07, 6.45) is 6.20. The monoisotopic (exact) mass is 358 g/mol. The van der Waals surface area contributed by atoms with Crippen molar-refractivity contribution in [1.82, 2.24) is 19.7 Å². The van der Waals surface area contributed by atoms with Crippen molar-refractivity contribution in [1.29, 1.82) is 0 Å². The van der Waals surface area contributed by atoms with Crippen LogP contribution in [0.5, 0.6) is 0 Å². The van der Waals surface area contributed by atoms with E-state index in [0.717, 1.165) is 18.4 Å². The SMILES string of the molecule is CN(C)C(=O)CN1C(=O)[C@@H]2CC[C@H]1CN(C(=O)CCc1ccncc1)C2. The molecular formula is C19H26N4O3. The summed E-state index contributed by atoms with van der Waals surface area (Å²) in [5.41, 5.74) is 1.08. The smallest absolute Gasteiger partial charge is 0.241 e. The number of carbonyl (C=O) groups excluding carboxylic acids is 3. The Balaban J connectivity index is 1.64. The number of aryl methyl sites for hydroxylation is 1. The van der Waals surface area contributed by atoms with Crippen LogP contribution in [0.1, 0.15) is 24.8 Å². The largest absolute Gasteiger partial charge is 0.347 e. The summed E-state index contributed by atoms with van der Waals surface area (Å²) in [7, 11) is 3.38. The molecule has 140 valence electrons. The molecule has 0 unspecified atom stereocenters. The van der Waals surface area contributed by atoms with E-state index in [4.69, 9.17) is 0 Å². The topological polar surface area (TPSA) is 73.8 Å². The number of hydrogen-bond donors (Lipinski definition) is 0. The maximum absolute atomic E-state index is 12.7. The zero-order valence-corrected chi connectivity index (χ0v) is 15.4. The van der Waals surface area contributed by atoms with Gasteiger partial charge in [0, 0.05) is 52.0 Å². The summed E-state index contributed by atoms with van der Waals surface area (Å²) in [4.78, 5) is 46.5. The van der Waals surface area contributed by atoms with Crippen molar-refractivity contribution in [3.63, 3.8) is 0 Å². The number of fused-ring (bicyclic) bond motifs is 4. The molecule has 26 heavy (non-hydrogen) atoms. The maximum atomic E-state index is 12.7. The molecule has 7 heteroatoms. The van der Waals surface area contributed by atoms with Gasteiger partial charge in [-0.15, -0.1) is 0 Å². The first-order valence-electron chi connectivity index (χ1n) is 9.13. The molecule has 0 aliphatic carbocycles. The van der Waals surface area contributed by atoms with Gasteiger partial charge < -0.3 is 14.7 Å². The molecule has 3 amide bonds. The fourth-order valence-electron chi connectivity index (χ4n) is 3.70. The van der Waals surface area contributed by atoms with Gasteiger partial charge in [-0.3, -0.25) is 19.4 Å². The number of carbonyl (C=O) groups is 3. The molecule has 0 radical (unpaired) electrons. The first-order valence-corrected chi connectivity index (χ1v) is 9.13. The third-order valence-electron chi connectivity index (χ3n) is 5.33. The van der Waals surface area contributed by atoms with Gasteiger partial charge in [-0.25, -0.2) is 0 Å². The van der Waals surface area contributed by atoms with Gasteiger partial charge in [0.25, 0.3) is 0 Å². The summed E-state index contributed by atoms with van der Waals surface area (Å²) in [6, 6.07) is 3.77. The molecule has 3 fully saturated rings. The minimum atomic E-state index is -0.186. The predicted octanol–water partition coefficient (Wildman–Crippen LogP) is 0.552. The van der Waals surface area contributed by atoms with E-state index >= 15 is 0 Å². The van der Waals surface area contributed by atoms with Gasteiger partial charge in [0.05, 0.1) is 5.92 Å². The minimum Gasteiger partial charge on any atom is -0.347 e. The van der Waals surface area contributed by atoms with Gasteiger partial charge in [0.1, 0.15) is 6.54 Å². The highest BCUT2D eigenvalue weighted by Crippen LogP contribution is 2.29. The molecule has 0 N–H and O–H groups in total. The Morgan fingerprint density at radius 2 is 1.92 bits per heavy atom. The fourth-order valence-corrected chi connectivity index (χ4v) is 3.70. The molecule has 4 rings (SSSR count). The number of nitrogens with zero attached hydrogens (tertiary/aromatic N) is 4. The first kappa shape index (κ1) is 18.4. The van der Waals surface area contributed by atoms with Crippen LogP contribution in [0, 0.1) is 5.92 Å². The minimum absolute atomic E-state index is 0.0147. The zero-order valence-electron chi connectivity index (χ0n) is 15.4. The highest BCUT2D eigenvalue weighted by Gasteiger charge is 2.42. The lowest BCUT2D eigenvalue weighted by Crippen LogP contribution is -2.51. The molecule has 4 heterocycles. The Labute approximate surface area is 154 Å². The van der Waals surface area contributed by atoms with E-state index in [1.807, 2.05) is 17.0 Å². The molecule has 0 aromatic carbocycles. The average molecular weight is 358 g/mol. The van der Waals surface area contributed by atoms with Crippen LogP contribution in [0.2, 0.25) is 0 Å². The van der Waals surface area contributed by atoms with Crippen molar-refractivity contribution >= 4 is 17.7 Å². The zero-order chi connectivity index (χ0) is 18.7. The van der Waals surface area contributed by atoms with Crippen molar-refractivity contribution in [2.45, 2.75) is 31.7 Å². The number of piperidine rings is 1. The Morgan fingerprint density at radius 1 is 1.19 bits per heavy atom. The molecular weight excluding hydrogens is 332 g/mol. The average Bonchev–Trinajstić information content (AvgIpc) is 2.93. The van der Waals surface area contributed by atoms with Gasteiger partial charge in [-0.05, 0) is 37.0 Å². The molecule has 2 bridgehead atoms. The van der Waals surface area contributed by atoms with E-state index in [-0.39, 0.29) is 36.2 Å². The number of hydrogen-bond acceptors (Lipinski definition) is 4. The molecule has 1 aromatic heterocycles. The van der Waals surface area contributed by atoms with E-state index in [0.29, 0.717) is 25.9 Å². The Morgan fingerprint density at radius 3 is 2.62 bits per heavy atom. The van der Waals surface area contributed by atoms with Crippen LogP contribution < -0.4 is 0 Å². The van der Waals surface area contributed by atoms with E-state index in [2.05, 4.69) is 4.98 Å². The van der Waals surface area contributed by atoms with Crippen molar-refractivity contribution in [3.8, 4) is 0 Å². The van der Waals surface area contributed by atoms with E-state index in [9.17, 15) is 14.4 Å². The molecule has 2 atom stereocenters. The van der Waals surface area contributed by atoms with Crippen LogP contribution in [-0.2, 0) is 20.8 Å². The second-order valence-corrected chi connectivity index (χ2v) is 7.34. The highest BCUT2D eigenvalue weighted by atomic mass is 16.2. The Bertz CT molecular complexity index is 677. The molecule has 0 saturated carbocycles. The van der Waals surface area contributed by atoms with Crippen LogP contribution in [0.25, 0.3) is 0 Å². The number of pyridine rings is 1. The van der Waals surface area contributed by atoms with Crippen LogP contribution >= 0.6 is 0 Å². The van der Waals surface area contributed by atoms with Crippen molar-refractivity contribution < 1.29 is 14.4 Å². The summed E-state index contributed by atoms with van der Waals surface area (Å²) in [5.74, 6) is -0.178. The van der Waals surface area contributed by atoms with Gasteiger partial charge in [-0.2, -0.15) is 0 Å². The second kappa shape index (κ2) is 7.85. The molecule has 3 aliphatic heterocycles. The third kappa shape index (κ3) is 4.03. The summed E-state index contributed by atoms with van der Waals surface area (Å²) >= 11 is 0. The molecule has 7 nitrogen and oxygen atoms in total. The van der Waals surface area contributed by atoms with E-state index in [1.54, 1.807) is 31.4 Å². The summed E-state index contributed by atoms with van der Waals surface area (Å²) in [5, 5.41) is 0. The molecule has 3 aliphatic rings. The van der Waals surface area contributed by atoms with Gasteiger partial charge in [0.2, 0.25) is 17.7 Å². The van der Waals surface area contributed by atoms with Crippen LogP contribution in [0.4, 0.5) is 0 Å². The number of likely N-dealkylation sites (N-methyl/N-ethyl adjacent to an activating group) is 1. The normalized spacial score (nSPS) is 22.3. The van der Waals surface area contributed by atoms with Crippen LogP contribution in [0.3, 0.4) is 0 Å². The van der Waals surface area contributed by atoms with Crippen molar-refractivity contribution in [3.05, 3.63) is 30.1 Å². The Hall–Kier alpha value is -2.44. The molecule has 1 aromatic rings. The van der Waals surface area contributed by atoms with Crippen molar-refractivity contribution in [2.75, 3.05) is 33.7 Å². The standard InChI is InChI=1S/C19H26N4O3/c1-21(2)18(25)13-23-16-5-4-15(19(23)26)11-22(12-16)17(24)6-3-14-7-9-20-10-8-14/h7-10,15-16H,3-6,11-13H2,1-2H3/t15-,16+/m1/s1.